The third-order valence-corrected chi connectivity index (χ3v) is 3.47. The molecule has 0 unspecified atom stereocenters. The molecule has 5 nitrogen and oxygen atoms in total. The van der Waals surface area contributed by atoms with E-state index in [9.17, 15) is 9.18 Å². The van der Waals surface area contributed by atoms with E-state index in [2.05, 4.69) is 26.2 Å². The summed E-state index contributed by atoms with van der Waals surface area (Å²) < 4.78 is 15.7. The molecule has 1 heterocycles. The van der Waals surface area contributed by atoms with Gasteiger partial charge in [-0.2, -0.15) is 0 Å². The van der Waals surface area contributed by atoms with Gasteiger partial charge in [0.25, 0.3) is 0 Å². The Kier molecular flexibility index (Phi) is 4.26. The van der Waals surface area contributed by atoms with Crippen LogP contribution in [0.15, 0.2) is 16.6 Å². The number of imidazole rings is 1. The first kappa shape index (κ1) is 14.1. The predicted molar refractivity (Wildman–Crippen MR) is 74.5 cm³/mol. The molecule has 0 aliphatic rings. The van der Waals surface area contributed by atoms with Gasteiger partial charge in [0, 0.05) is 19.2 Å². The first-order valence-corrected chi connectivity index (χ1v) is 6.79. The van der Waals surface area contributed by atoms with Gasteiger partial charge in [-0.25, -0.2) is 14.2 Å². The van der Waals surface area contributed by atoms with Crippen LogP contribution in [0.1, 0.15) is 5.82 Å². The zero-order valence-corrected chi connectivity index (χ0v) is 12.1. The standard InChI is InChI=1S/C11H11BrClFN4O/c12-6-3-8-9(4-7(6)14)18(10(5-13)17-8)2-1-16-11(15)19/h3-4H,1-2,5H2,(H3,15,16,19). The molecule has 2 aromatic rings. The van der Waals surface area contributed by atoms with Gasteiger partial charge >= 0.3 is 6.03 Å². The van der Waals surface area contributed by atoms with E-state index in [4.69, 9.17) is 17.3 Å². The Balaban J connectivity index is 2.39. The number of hydrogen-bond acceptors (Lipinski definition) is 2. The second-order valence-corrected chi connectivity index (χ2v) is 4.98. The lowest BCUT2D eigenvalue weighted by Gasteiger charge is -2.08. The molecule has 2 rings (SSSR count). The van der Waals surface area contributed by atoms with Crippen molar-refractivity contribution < 1.29 is 9.18 Å². The number of rotatable bonds is 4. The molecule has 0 spiro atoms. The third kappa shape index (κ3) is 2.98. The molecule has 0 aliphatic heterocycles. The maximum Gasteiger partial charge on any atom is 0.312 e. The second-order valence-electron chi connectivity index (χ2n) is 3.86. The molecule has 2 amide bonds. The van der Waals surface area contributed by atoms with E-state index in [1.54, 1.807) is 10.6 Å². The van der Waals surface area contributed by atoms with E-state index in [1.807, 2.05) is 0 Å². The number of fused-ring (bicyclic) bond motifs is 1. The van der Waals surface area contributed by atoms with Gasteiger partial charge in [0.2, 0.25) is 0 Å². The molecule has 1 aromatic heterocycles. The third-order valence-electron chi connectivity index (χ3n) is 2.62. The van der Waals surface area contributed by atoms with Crippen molar-refractivity contribution in [1.82, 2.24) is 14.9 Å². The van der Waals surface area contributed by atoms with Crippen molar-refractivity contribution in [3.8, 4) is 0 Å². The summed E-state index contributed by atoms with van der Waals surface area (Å²) in [5.74, 6) is 0.433. The average Bonchev–Trinajstić information content (AvgIpc) is 2.67. The summed E-state index contributed by atoms with van der Waals surface area (Å²) in [6, 6.07) is 2.37. The first-order chi connectivity index (χ1) is 9.02. The van der Waals surface area contributed by atoms with Crippen molar-refractivity contribution in [2.75, 3.05) is 6.54 Å². The lowest BCUT2D eigenvalue weighted by molar-refractivity contribution is 0.248. The number of nitrogens with zero attached hydrogens (tertiary/aromatic N) is 2. The number of aromatic nitrogens is 2. The SMILES string of the molecule is NC(=O)NCCn1c(CCl)nc2cc(Br)c(F)cc21. The maximum atomic E-state index is 13.6. The van der Waals surface area contributed by atoms with Crippen molar-refractivity contribution in [3.05, 3.63) is 28.2 Å². The molecular formula is C11H11BrClFN4O. The molecular weight excluding hydrogens is 339 g/mol. The molecule has 0 saturated carbocycles. The molecule has 3 N–H and O–H groups in total. The fourth-order valence-corrected chi connectivity index (χ4v) is 2.35. The molecule has 0 radical (unpaired) electrons. The van der Waals surface area contributed by atoms with Crippen LogP contribution in [0.25, 0.3) is 11.0 Å². The number of urea groups is 1. The number of carbonyl (C=O) groups excluding carboxylic acids is 1. The summed E-state index contributed by atoms with van der Waals surface area (Å²) in [6.45, 7) is 0.741. The average molecular weight is 350 g/mol. The number of halogens is 3. The summed E-state index contributed by atoms with van der Waals surface area (Å²) in [5.41, 5.74) is 6.26. The largest absolute Gasteiger partial charge is 0.352 e. The van der Waals surface area contributed by atoms with E-state index >= 15 is 0 Å². The van der Waals surface area contributed by atoms with Gasteiger partial charge in [0.15, 0.2) is 0 Å². The van der Waals surface area contributed by atoms with Crippen LogP contribution in [-0.4, -0.2) is 22.1 Å². The minimum absolute atomic E-state index is 0.199. The van der Waals surface area contributed by atoms with Crippen LogP contribution in [0.2, 0.25) is 0 Å². The number of primary amides is 1. The van der Waals surface area contributed by atoms with Crippen molar-refractivity contribution in [2.45, 2.75) is 12.4 Å². The van der Waals surface area contributed by atoms with Crippen LogP contribution >= 0.6 is 27.5 Å². The minimum Gasteiger partial charge on any atom is -0.352 e. The number of nitrogens with one attached hydrogen (secondary N) is 1. The first-order valence-electron chi connectivity index (χ1n) is 5.46. The molecule has 19 heavy (non-hydrogen) atoms. The number of hydrogen-bond donors (Lipinski definition) is 2. The van der Waals surface area contributed by atoms with Gasteiger partial charge in [-0.15, -0.1) is 11.6 Å². The number of amides is 2. The van der Waals surface area contributed by atoms with Crippen LogP contribution in [0.3, 0.4) is 0 Å². The molecule has 0 fully saturated rings. The maximum absolute atomic E-state index is 13.6. The van der Waals surface area contributed by atoms with E-state index in [0.29, 0.717) is 34.4 Å². The Morgan fingerprint density at radius 2 is 2.32 bits per heavy atom. The van der Waals surface area contributed by atoms with Crippen molar-refractivity contribution in [2.24, 2.45) is 5.73 Å². The lowest BCUT2D eigenvalue weighted by atomic mass is 10.3. The quantitative estimate of drug-likeness (QED) is 0.832. The Morgan fingerprint density at radius 3 is 2.95 bits per heavy atom. The predicted octanol–water partition coefficient (Wildman–Crippen LogP) is 2.34. The summed E-state index contributed by atoms with van der Waals surface area (Å²) in [4.78, 5) is 15.0. The summed E-state index contributed by atoms with van der Waals surface area (Å²) >= 11 is 8.94. The fourth-order valence-electron chi connectivity index (χ4n) is 1.81. The van der Waals surface area contributed by atoms with E-state index in [1.165, 1.54) is 6.07 Å². The van der Waals surface area contributed by atoms with Gasteiger partial charge in [-0.1, -0.05) is 0 Å². The highest BCUT2D eigenvalue weighted by Crippen LogP contribution is 2.24. The Bertz CT molecular complexity index is 631. The van der Waals surface area contributed by atoms with Gasteiger partial charge in [-0.3, -0.25) is 0 Å². The lowest BCUT2D eigenvalue weighted by Crippen LogP contribution is -2.32. The molecule has 0 aliphatic carbocycles. The van der Waals surface area contributed by atoms with Crippen molar-refractivity contribution in [1.29, 1.82) is 0 Å². The van der Waals surface area contributed by atoms with Crippen LogP contribution in [0, 0.1) is 5.82 Å². The monoisotopic (exact) mass is 348 g/mol. The van der Waals surface area contributed by atoms with E-state index in [-0.39, 0.29) is 11.7 Å². The zero-order valence-electron chi connectivity index (χ0n) is 9.79. The Labute approximate surface area is 122 Å². The smallest absolute Gasteiger partial charge is 0.312 e. The second kappa shape index (κ2) is 5.75. The summed E-state index contributed by atoms with van der Waals surface area (Å²) in [6.07, 6.45) is 0. The normalized spacial score (nSPS) is 10.9. The van der Waals surface area contributed by atoms with Crippen molar-refractivity contribution in [3.63, 3.8) is 0 Å². The van der Waals surface area contributed by atoms with Gasteiger partial charge in [-0.05, 0) is 22.0 Å². The van der Waals surface area contributed by atoms with Gasteiger partial charge in [0.1, 0.15) is 11.6 Å². The van der Waals surface area contributed by atoms with Crippen LogP contribution in [0.5, 0.6) is 0 Å². The molecule has 0 atom stereocenters. The van der Waals surface area contributed by atoms with Gasteiger partial charge < -0.3 is 15.6 Å². The highest BCUT2D eigenvalue weighted by molar-refractivity contribution is 9.10. The van der Waals surface area contributed by atoms with Crippen molar-refractivity contribution >= 4 is 44.6 Å². The number of benzene rings is 1. The summed E-state index contributed by atoms with van der Waals surface area (Å²) in [7, 11) is 0. The molecule has 0 saturated heterocycles. The number of nitrogens with two attached hydrogens (primary N) is 1. The topological polar surface area (TPSA) is 72.9 Å². The zero-order chi connectivity index (χ0) is 14.0. The van der Waals surface area contributed by atoms with Crippen LogP contribution < -0.4 is 11.1 Å². The number of carbonyl (C=O) groups is 1. The van der Waals surface area contributed by atoms with E-state index in [0.717, 1.165) is 0 Å². The Morgan fingerprint density at radius 1 is 1.58 bits per heavy atom. The number of alkyl halides is 1. The van der Waals surface area contributed by atoms with Crippen LogP contribution in [-0.2, 0) is 12.4 Å². The molecule has 0 bridgehead atoms. The van der Waals surface area contributed by atoms with Gasteiger partial charge in [0.05, 0.1) is 21.4 Å². The Hall–Kier alpha value is -1.34. The molecule has 102 valence electrons. The minimum atomic E-state index is -0.606. The van der Waals surface area contributed by atoms with Crippen LogP contribution in [0.4, 0.5) is 9.18 Å². The summed E-state index contributed by atoms with van der Waals surface area (Å²) in [5, 5.41) is 2.47. The molecule has 8 heteroatoms. The van der Waals surface area contributed by atoms with E-state index < -0.39 is 6.03 Å². The molecule has 1 aromatic carbocycles. The fraction of sp³-hybridized carbons (Fsp3) is 0.273. The highest BCUT2D eigenvalue weighted by Gasteiger charge is 2.12. The highest BCUT2D eigenvalue weighted by atomic mass is 79.9.